The third kappa shape index (κ3) is 2.40. The fraction of sp³-hybridized carbons (Fsp3) is 0.579. The minimum atomic E-state index is 0.363. The zero-order chi connectivity index (χ0) is 14.4. The molecule has 2 fully saturated rings. The maximum Gasteiger partial charge on any atom is 0.134 e. The van der Waals surface area contributed by atoms with Gasteiger partial charge in [0.1, 0.15) is 11.3 Å². The Balaban J connectivity index is 1.56. The van der Waals surface area contributed by atoms with Gasteiger partial charge in [-0.3, -0.25) is 0 Å². The highest BCUT2D eigenvalue weighted by Crippen LogP contribution is 2.51. The van der Waals surface area contributed by atoms with Gasteiger partial charge in [-0.2, -0.15) is 0 Å². The van der Waals surface area contributed by atoms with Crippen LogP contribution >= 0.6 is 0 Å². The van der Waals surface area contributed by atoms with Gasteiger partial charge in [-0.1, -0.05) is 18.1 Å². The molecule has 2 aromatic rings. The molecule has 1 N–H and O–H groups in total. The number of benzene rings is 1. The summed E-state index contributed by atoms with van der Waals surface area (Å²) in [5, 5.41) is 4.72. The van der Waals surface area contributed by atoms with Crippen LogP contribution < -0.4 is 5.32 Å². The predicted molar refractivity (Wildman–Crippen MR) is 86.3 cm³/mol. The average molecular weight is 283 g/mol. The molecule has 2 aliphatic rings. The normalized spacial score (nSPS) is 29.3. The highest BCUT2D eigenvalue weighted by Gasteiger charge is 2.40. The van der Waals surface area contributed by atoms with Crippen molar-refractivity contribution in [2.45, 2.75) is 45.1 Å². The summed E-state index contributed by atoms with van der Waals surface area (Å²) in [5.41, 5.74) is 2.31. The Morgan fingerprint density at radius 2 is 2.14 bits per heavy atom. The zero-order valence-corrected chi connectivity index (χ0v) is 13.1. The summed E-state index contributed by atoms with van der Waals surface area (Å²) in [6.45, 7) is 2.14. The molecule has 2 saturated carbocycles. The molecule has 4 atom stereocenters. The number of rotatable bonds is 4. The molecule has 2 bridgehead atoms. The largest absolute Gasteiger partial charge is 0.459 e. The van der Waals surface area contributed by atoms with Crippen LogP contribution in [0.4, 0.5) is 0 Å². The standard InChI is InChI=1S/C19H25NO/c1-12-3-6-18-16(7-12)11-19(21-18)17(20-2)10-15-9-13-4-5-14(15)8-13/h3,6-7,11,13-15,17,20H,4-5,8-10H2,1-2H3. The van der Waals surface area contributed by atoms with Crippen molar-refractivity contribution >= 4 is 11.0 Å². The van der Waals surface area contributed by atoms with Crippen molar-refractivity contribution in [3.8, 4) is 0 Å². The van der Waals surface area contributed by atoms with E-state index in [-0.39, 0.29) is 0 Å². The van der Waals surface area contributed by atoms with Crippen molar-refractivity contribution in [2.75, 3.05) is 7.05 Å². The van der Waals surface area contributed by atoms with E-state index in [2.05, 4.69) is 43.6 Å². The predicted octanol–water partition coefficient (Wildman–Crippen LogP) is 4.83. The van der Waals surface area contributed by atoms with Crippen molar-refractivity contribution in [2.24, 2.45) is 17.8 Å². The van der Waals surface area contributed by atoms with Crippen LogP contribution in [-0.2, 0) is 0 Å². The number of nitrogens with one attached hydrogen (secondary N) is 1. The lowest BCUT2D eigenvalue weighted by Gasteiger charge is -2.25. The van der Waals surface area contributed by atoms with Crippen LogP contribution in [0.15, 0.2) is 28.7 Å². The molecule has 21 heavy (non-hydrogen) atoms. The second-order valence-corrected chi connectivity index (χ2v) is 7.20. The van der Waals surface area contributed by atoms with E-state index in [1.165, 1.54) is 43.1 Å². The van der Waals surface area contributed by atoms with Crippen molar-refractivity contribution in [3.63, 3.8) is 0 Å². The van der Waals surface area contributed by atoms with Crippen LogP contribution in [-0.4, -0.2) is 7.05 Å². The van der Waals surface area contributed by atoms with Crippen LogP contribution in [0.2, 0.25) is 0 Å². The van der Waals surface area contributed by atoms with Crippen LogP contribution in [0, 0.1) is 24.7 Å². The van der Waals surface area contributed by atoms with Crippen LogP contribution in [0.1, 0.15) is 49.5 Å². The Morgan fingerprint density at radius 1 is 1.24 bits per heavy atom. The smallest absolute Gasteiger partial charge is 0.134 e. The van der Waals surface area contributed by atoms with Gasteiger partial charge in [-0.25, -0.2) is 0 Å². The third-order valence-corrected chi connectivity index (χ3v) is 5.81. The molecule has 0 aliphatic heterocycles. The maximum absolute atomic E-state index is 6.10. The Kier molecular flexibility index (Phi) is 3.30. The van der Waals surface area contributed by atoms with Crippen LogP contribution in [0.25, 0.3) is 11.0 Å². The van der Waals surface area contributed by atoms with Gasteiger partial charge in [0.15, 0.2) is 0 Å². The molecule has 0 radical (unpaired) electrons. The lowest BCUT2D eigenvalue weighted by atomic mass is 9.84. The quantitative estimate of drug-likeness (QED) is 0.869. The van der Waals surface area contributed by atoms with Gasteiger partial charge < -0.3 is 9.73 Å². The molecule has 112 valence electrons. The molecule has 0 saturated heterocycles. The molecule has 2 heteroatoms. The second-order valence-electron chi connectivity index (χ2n) is 7.20. The molecule has 0 spiro atoms. The Hall–Kier alpha value is -1.28. The fourth-order valence-electron chi connectivity index (χ4n) is 4.70. The van der Waals surface area contributed by atoms with Gasteiger partial charge in [-0.15, -0.1) is 0 Å². The molecule has 1 heterocycles. The summed E-state index contributed by atoms with van der Waals surface area (Å²) in [6, 6.07) is 9.03. The van der Waals surface area contributed by atoms with Gasteiger partial charge in [0.05, 0.1) is 6.04 Å². The molecule has 2 nitrogen and oxygen atoms in total. The summed E-state index contributed by atoms with van der Waals surface area (Å²) in [7, 11) is 2.07. The summed E-state index contributed by atoms with van der Waals surface area (Å²) >= 11 is 0. The van der Waals surface area contributed by atoms with E-state index in [9.17, 15) is 0 Å². The first-order valence-electron chi connectivity index (χ1n) is 8.40. The van der Waals surface area contributed by atoms with Gasteiger partial charge in [0, 0.05) is 5.39 Å². The minimum absolute atomic E-state index is 0.363. The van der Waals surface area contributed by atoms with Gasteiger partial charge in [-0.05, 0) is 75.6 Å². The lowest BCUT2D eigenvalue weighted by molar-refractivity contribution is 0.271. The van der Waals surface area contributed by atoms with E-state index >= 15 is 0 Å². The Labute approximate surface area is 126 Å². The Morgan fingerprint density at radius 3 is 2.86 bits per heavy atom. The van der Waals surface area contributed by atoms with Crippen LogP contribution in [0.3, 0.4) is 0 Å². The summed E-state index contributed by atoms with van der Waals surface area (Å²) in [4.78, 5) is 0. The average Bonchev–Trinajstić information content (AvgIpc) is 3.18. The van der Waals surface area contributed by atoms with Crippen molar-refractivity contribution in [3.05, 3.63) is 35.6 Å². The van der Waals surface area contributed by atoms with Gasteiger partial charge in [0.2, 0.25) is 0 Å². The second kappa shape index (κ2) is 5.17. The molecule has 0 amide bonds. The summed E-state index contributed by atoms with van der Waals surface area (Å²) < 4.78 is 6.10. The lowest BCUT2D eigenvalue weighted by Crippen LogP contribution is -2.22. The third-order valence-electron chi connectivity index (χ3n) is 5.81. The van der Waals surface area contributed by atoms with E-state index in [1.54, 1.807) is 0 Å². The van der Waals surface area contributed by atoms with Gasteiger partial charge in [0.25, 0.3) is 0 Å². The highest BCUT2D eigenvalue weighted by atomic mass is 16.3. The van der Waals surface area contributed by atoms with E-state index < -0.39 is 0 Å². The monoisotopic (exact) mass is 283 g/mol. The van der Waals surface area contributed by atoms with E-state index in [4.69, 9.17) is 4.42 Å². The number of fused-ring (bicyclic) bond motifs is 3. The number of aryl methyl sites for hydroxylation is 1. The van der Waals surface area contributed by atoms with E-state index in [0.29, 0.717) is 6.04 Å². The molecule has 4 unspecified atom stereocenters. The zero-order valence-electron chi connectivity index (χ0n) is 13.1. The summed E-state index contributed by atoms with van der Waals surface area (Å²) in [5.74, 6) is 4.02. The molecule has 1 aromatic heterocycles. The van der Waals surface area contributed by atoms with Crippen molar-refractivity contribution in [1.29, 1.82) is 0 Å². The number of hydrogen-bond acceptors (Lipinski definition) is 2. The molecule has 2 aliphatic carbocycles. The molecule has 1 aromatic carbocycles. The van der Waals surface area contributed by atoms with Crippen molar-refractivity contribution < 1.29 is 4.42 Å². The fourth-order valence-corrected chi connectivity index (χ4v) is 4.70. The number of hydrogen-bond donors (Lipinski definition) is 1. The van der Waals surface area contributed by atoms with Crippen molar-refractivity contribution in [1.82, 2.24) is 5.32 Å². The number of furan rings is 1. The maximum atomic E-state index is 6.10. The molecule has 4 rings (SSSR count). The molecular weight excluding hydrogens is 258 g/mol. The minimum Gasteiger partial charge on any atom is -0.459 e. The van der Waals surface area contributed by atoms with Gasteiger partial charge >= 0.3 is 0 Å². The Bertz CT molecular complexity index is 644. The van der Waals surface area contributed by atoms with E-state index in [1.807, 2.05) is 0 Å². The molecular formula is C19H25NO. The SMILES string of the molecule is CNC(CC1CC2CCC1C2)c1cc2cc(C)ccc2o1. The van der Waals surface area contributed by atoms with Crippen LogP contribution in [0.5, 0.6) is 0 Å². The highest BCUT2D eigenvalue weighted by molar-refractivity contribution is 5.78. The topological polar surface area (TPSA) is 25.2 Å². The first-order valence-corrected chi connectivity index (χ1v) is 8.40. The first kappa shape index (κ1) is 13.4. The first-order chi connectivity index (χ1) is 10.2. The van der Waals surface area contributed by atoms with E-state index in [0.717, 1.165) is 29.1 Å². The summed E-state index contributed by atoms with van der Waals surface area (Å²) in [6.07, 6.45) is 7.11.